The van der Waals surface area contributed by atoms with Crippen LogP contribution in [0.5, 0.6) is 0 Å². The summed E-state index contributed by atoms with van der Waals surface area (Å²) in [7, 11) is 0. The molecule has 17 heavy (non-hydrogen) atoms. The summed E-state index contributed by atoms with van der Waals surface area (Å²) in [4.78, 5) is 14.2. The molecule has 3 heteroatoms. The fourth-order valence-corrected chi connectivity index (χ4v) is 3.26. The minimum atomic E-state index is 0.0417. The lowest BCUT2D eigenvalue weighted by atomic mass is 9.90. The van der Waals surface area contributed by atoms with Crippen molar-refractivity contribution in [3.63, 3.8) is 0 Å². The number of carbonyl (C=O) groups is 1. The van der Waals surface area contributed by atoms with Gasteiger partial charge in [0.2, 0.25) is 0 Å². The molecule has 1 aromatic rings. The summed E-state index contributed by atoms with van der Waals surface area (Å²) in [5.41, 5.74) is 2.36. The van der Waals surface area contributed by atoms with Gasteiger partial charge in [0.05, 0.1) is 4.88 Å². The van der Waals surface area contributed by atoms with Gasteiger partial charge in [-0.05, 0) is 43.7 Å². The molecular formula is C14H19NOS. The lowest BCUT2D eigenvalue weighted by Gasteiger charge is -2.16. The predicted molar refractivity (Wildman–Crippen MR) is 72.7 cm³/mol. The Labute approximate surface area is 107 Å². The Morgan fingerprint density at radius 2 is 2.41 bits per heavy atom. The molecule has 0 aromatic carbocycles. The maximum atomic E-state index is 11.9. The number of thiophene rings is 1. The fourth-order valence-electron chi connectivity index (χ4n) is 2.14. The molecule has 0 spiro atoms. The lowest BCUT2D eigenvalue weighted by Crippen LogP contribution is -2.23. The van der Waals surface area contributed by atoms with Crippen LogP contribution in [0.3, 0.4) is 0 Å². The summed E-state index contributed by atoms with van der Waals surface area (Å²) in [5, 5.41) is 2.89. The molecule has 1 aromatic heterocycles. The zero-order chi connectivity index (χ0) is 12.4. The number of hydrogen-bond donors (Lipinski definition) is 1. The van der Waals surface area contributed by atoms with Crippen LogP contribution in [0.15, 0.2) is 18.2 Å². The van der Waals surface area contributed by atoms with Gasteiger partial charge in [-0.3, -0.25) is 4.79 Å². The molecule has 1 aliphatic carbocycles. The molecule has 0 bridgehead atoms. The van der Waals surface area contributed by atoms with Crippen molar-refractivity contribution in [2.24, 2.45) is 5.92 Å². The Hall–Kier alpha value is -1.09. The van der Waals surface area contributed by atoms with E-state index in [-0.39, 0.29) is 5.91 Å². The van der Waals surface area contributed by atoms with E-state index < -0.39 is 0 Å². The second-order valence-electron chi connectivity index (χ2n) is 5.05. The Kier molecular flexibility index (Phi) is 3.67. The topological polar surface area (TPSA) is 29.1 Å². The number of amides is 1. The minimum absolute atomic E-state index is 0.0417. The maximum Gasteiger partial charge on any atom is 0.261 e. The van der Waals surface area contributed by atoms with E-state index in [1.54, 1.807) is 11.3 Å². The molecule has 0 radical (unpaired) electrons. The first-order chi connectivity index (χ1) is 8.06. The molecule has 1 heterocycles. The van der Waals surface area contributed by atoms with Crippen LogP contribution < -0.4 is 5.32 Å². The third-order valence-electron chi connectivity index (χ3n) is 3.10. The molecular weight excluding hydrogens is 230 g/mol. The van der Waals surface area contributed by atoms with Crippen molar-refractivity contribution >= 4 is 17.2 Å². The Bertz CT molecular complexity index is 447. The van der Waals surface area contributed by atoms with E-state index >= 15 is 0 Å². The van der Waals surface area contributed by atoms with Crippen LogP contribution in [0.1, 0.15) is 40.4 Å². The Morgan fingerprint density at radius 3 is 3.12 bits per heavy atom. The van der Waals surface area contributed by atoms with Crippen molar-refractivity contribution in [1.29, 1.82) is 0 Å². The normalized spacial score (nSPS) is 18.6. The van der Waals surface area contributed by atoms with E-state index in [2.05, 4.69) is 24.9 Å². The summed E-state index contributed by atoms with van der Waals surface area (Å²) < 4.78 is 0. The molecule has 0 saturated carbocycles. The molecule has 1 aliphatic rings. The van der Waals surface area contributed by atoms with Crippen molar-refractivity contribution in [1.82, 2.24) is 5.32 Å². The SMILES string of the molecule is C=C(C)CNC(=O)c1cc2c(s1)CCC(C)C2. The van der Waals surface area contributed by atoms with Gasteiger partial charge in [-0.15, -0.1) is 11.3 Å². The number of nitrogens with one attached hydrogen (secondary N) is 1. The molecule has 1 amide bonds. The summed E-state index contributed by atoms with van der Waals surface area (Å²) >= 11 is 1.66. The van der Waals surface area contributed by atoms with Gasteiger partial charge in [-0.2, -0.15) is 0 Å². The molecule has 92 valence electrons. The van der Waals surface area contributed by atoms with Crippen LogP contribution in [0.4, 0.5) is 0 Å². The zero-order valence-corrected chi connectivity index (χ0v) is 11.3. The highest BCUT2D eigenvalue weighted by Crippen LogP contribution is 2.32. The molecule has 0 aliphatic heterocycles. The van der Waals surface area contributed by atoms with Gasteiger partial charge < -0.3 is 5.32 Å². The van der Waals surface area contributed by atoms with Crippen molar-refractivity contribution in [2.45, 2.75) is 33.1 Å². The monoisotopic (exact) mass is 249 g/mol. The molecule has 1 unspecified atom stereocenters. The van der Waals surface area contributed by atoms with E-state index in [1.165, 1.54) is 16.9 Å². The zero-order valence-electron chi connectivity index (χ0n) is 10.5. The average Bonchev–Trinajstić information content (AvgIpc) is 2.68. The summed E-state index contributed by atoms with van der Waals surface area (Å²) in [6.07, 6.45) is 3.51. The van der Waals surface area contributed by atoms with E-state index in [0.717, 1.165) is 29.2 Å². The van der Waals surface area contributed by atoms with Crippen LogP contribution in [-0.2, 0) is 12.8 Å². The van der Waals surface area contributed by atoms with Crippen LogP contribution in [0.2, 0.25) is 0 Å². The number of fused-ring (bicyclic) bond motifs is 1. The number of hydrogen-bond acceptors (Lipinski definition) is 2. The third kappa shape index (κ3) is 2.97. The summed E-state index contributed by atoms with van der Waals surface area (Å²) in [6, 6.07) is 2.07. The van der Waals surface area contributed by atoms with E-state index in [0.29, 0.717) is 6.54 Å². The first-order valence-corrected chi connectivity index (χ1v) is 6.92. The Balaban J connectivity index is 2.07. The van der Waals surface area contributed by atoms with E-state index in [9.17, 15) is 4.79 Å². The van der Waals surface area contributed by atoms with Gasteiger partial charge in [-0.1, -0.05) is 19.1 Å². The quantitative estimate of drug-likeness (QED) is 0.819. The fraction of sp³-hybridized carbons (Fsp3) is 0.500. The van der Waals surface area contributed by atoms with Gasteiger partial charge in [0.15, 0.2) is 0 Å². The van der Waals surface area contributed by atoms with Crippen LogP contribution in [0, 0.1) is 5.92 Å². The highest BCUT2D eigenvalue weighted by Gasteiger charge is 2.20. The van der Waals surface area contributed by atoms with Gasteiger partial charge in [0, 0.05) is 11.4 Å². The maximum absolute atomic E-state index is 11.9. The van der Waals surface area contributed by atoms with E-state index in [1.807, 2.05) is 6.92 Å². The van der Waals surface area contributed by atoms with Crippen molar-refractivity contribution in [2.75, 3.05) is 6.54 Å². The number of rotatable bonds is 3. The molecule has 2 rings (SSSR count). The standard InChI is InChI=1S/C14H19NOS/c1-9(2)8-15-14(16)13-7-11-6-10(3)4-5-12(11)17-13/h7,10H,1,4-6,8H2,2-3H3,(H,15,16). The highest BCUT2D eigenvalue weighted by molar-refractivity contribution is 7.14. The second-order valence-corrected chi connectivity index (χ2v) is 6.18. The first kappa shape index (κ1) is 12.4. The smallest absolute Gasteiger partial charge is 0.261 e. The second kappa shape index (κ2) is 5.05. The summed E-state index contributed by atoms with van der Waals surface area (Å²) in [6.45, 7) is 8.55. The van der Waals surface area contributed by atoms with Crippen LogP contribution in [0.25, 0.3) is 0 Å². The summed E-state index contributed by atoms with van der Waals surface area (Å²) in [5.74, 6) is 0.795. The van der Waals surface area contributed by atoms with Crippen molar-refractivity contribution < 1.29 is 4.79 Å². The third-order valence-corrected chi connectivity index (χ3v) is 4.34. The highest BCUT2D eigenvalue weighted by atomic mass is 32.1. The van der Waals surface area contributed by atoms with Gasteiger partial charge in [-0.25, -0.2) is 0 Å². The van der Waals surface area contributed by atoms with Crippen LogP contribution >= 0.6 is 11.3 Å². The van der Waals surface area contributed by atoms with Gasteiger partial charge in [0.1, 0.15) is 0 Å². The van der Waals surface area contributed by atoms with Crippen molar-refractivity contribution in [3.05, 3.63) is 33.5 Å². The largest absolute Gasteiger partial charge is 0.348 e. The average molecular weight is 249 g/mol. The number of aryl methyl sites for hydroxylation is 1. The van der Waals surface area contributed by atoms with Crippen molar-refractivity contribution in [3.8, 4) is 0 Å². The minimum Gasteiger partial charge on any atom is -0.348 e. The molecule has 0 saturated heterocycles. The molecule has 0 fully saturated rings. The first-order valence-electron chi connectivity index (χ1n) is 6.10. The lowest BCUT2D eigenvalue weighted by molar-refractivity contribution is 0.0961. The van der Waals surface area contributed by atoms with Gasteiger partial charge >= 0.3 is 0 Å². The van der Waals surface area contributed by atoms with E-state index in [4.69, 9.17) is 0 Å². The van der Waals surface area contributed by atoms with Crippen LogP contribution in [-0.4, -0.2) is 12.5 Å². The molecule has 1 atom stereocenters. The number of carbonyl (C=O) groups excluding carboxylic acids is 1. The Morgan fingerprint density at radius 1 is 1.65 bits per heavy atom. The molecule has 1 N–H and O–H groups in total. The van der Waals surface area contributed by atoms with Gasteiger partial charge in [0.25, 0.3) is 5.91 Å². The predicted octanol–water partition coefficient (Wildman–Crippen LogP) is 3.18. The molecule has 2 nitrogen and oxygen atoms in total.